The van der Waals surface area contributed by atoms with Crippen LogP contribution in [0.15, 0.2) is 16.5 Å². The second-order valence-corrected chi connectivity index (χ2v) is 10.7. The van der Waals surface area contributed by atoms with Gasteiger partial charge in [-0.05, 0) is 31.4 Å². The van der Waals surface area contributed by atoms with Crippen LogP contribution in [0.25, 0.3) is 11.6 Å². The predicted octanol–water partition coefficient (Wildman–Crippen LogP) is 2.00. The molecular weight excluding hydrogens is 573 g/mol. The van der Waals surface area contributed by atoms with Crippen LogP contribution in [-0.2, 0) is 0 Å². The van der Waals surface area contributed by atoms with E-state index in [1.807, 2.05) is 4.90 Å². The van der Waals surface area contributed by atoms with Crippen LogP contribution in [0.3, 0.4) is 0 Å². The highest BCUT2D eigenvalue weighted by Gasteiger charge is 2.35. The lowest BCUT2D eigenvalue weighted by Crippen LogP contribution is -2.58. The van der Waals surface area contributed by atoms with Crippen LogP contribution in [0, 0.1) is 0 Å². The van der Waals surface area contributed by atoms with Gasteiger partial charge in [0.05, 0.1) is 12.2 Å². The molecule has 1 amide bonds. The number of likely N-dealkylation sites (tertiary alicyclic amines) is 1. The maximum absolute atomic E-state index is 13.0. The van der Waals surface area contributed by atoms with Gasteiger partial charge >= 0.3 is 6.01 Å². The number of piperidine rings is 1. The molecular formula is C25H33Cl2N11O3. The molecule has 14 nitrogen and oxygen atoms in total. The SMILES string of the molecule is CC[C@H]1CN(c2nc(N)c(-c3nnc(NCCO)o3)nc2Cl)CCN1C1CCN(C(=O)c2ccc(Cl)nc2N)CC1. The van der Waals surface area contributed by atoms with E-state index in [0.717, 1.165) is 25.8 Å². The number of pyridine rings is 1. The van der Waals surface area contributed by atoms with Crippen LogP contribution in [-0.4, -0.2) is 104 Å². The summed E-state index contributed by atoms with van der Waals surface area (Å²) in [5.74, 6) is 0.762. The standard InChI is InChI=1S/C25H33Cl2N11O3/c1-2-14-13-37(22-19(27)32-18(21(29)33-22)23-34-35-25(41-23)30-7-12-39)10-11-38(14)15-5-8-36(9-6-15)24(40)16-3-4-17(26)31-20(16)28/h3-4,14-15,39H,2,5-13H2,1H3,(H2,28,31)(H2,29,33)(H,30,35)/t14-/m0/s1. The molecule has 16 heteroatoms. The lowest BCUT2D eigenvalue weighted by Gasteiger charge is -2.47. The van der Waals surface area contributed by atoms with Gasteiger partial charge in [0, 0.05) is 51.4 Å². The van der Waals surface area contributed by atoms with Crippen molar-refractivity contribution in [2.45, 2.75) is 38.3 Å². The number of hydrogen-bond acceptors (Lipinski definition) is 13. The number of rotatable bonds is 8. The van der Waals surface area contributed by atoms with Crippen molar-refractivity contribution < 1.29 is 14.3 Å². The minimum absolute atomic E-state index is 0.0805. The zero-order chi connectivity index (χ0) is 29.1. The molecule has 2 fully saturated rings. The molecule has 2 saturated heterocycles. The normalized spacial score (nSPS) is 18.6. The summed E-state index contributed by atoms with van der Waals surface area (Å²) in [6.45, 7) is 5.86. The largest absolute Gasteiger partial charge is 0.402 e. The Kier molecular flexibility index (Phi) is 8.92. The van der Waals surface area contributed by atoms with Gasteiger partial charge in [-0.25, -0.2) is 15.0 Å². The maximum atomic E-state index is 13.0. The van der Waals surface area contributed by atoms with Crippen LogP contribution in [0.5, 0.6) is 0 Å². The zero-order valence-electron chi connectivity index (χ0n) is 22.6. The molecule has 0 bridgehead atoms. The Bertz CT molecular complexity index is 1380. The van der Waals surface area contributed by atoms with Gasteiger partial charge in [-0.3, -0.25) is 9.69 Å². The van der Waals surface area contributed by atoms with Crippen LogP contribution >= 0.6 is 23.2 Å². The first-order chi connectivity index (χ1) is 19.8. The number of hydrogen-bond donors (Lipinski definition) is 4. The molecule has 0 radical (unpaired) electrons. The molecule has 0 aliphatic carbocycles. The molecule has 6 N–H and O–H groups in total. The lowest BCUT2D eigenvalue weighted by atomic mass is 9.97. The monoisotopic (exact) mass is 605 g/mol. The summed E-state index contributed by atoms with van der Waals surface area (Å²) < 4.78 is 5.52. The van der Waals surface area contributed by atoms with Gasteiger partial charge in [0.1, 0.15) is 11.0 Å². The Morgan fingerprint density at radius 2 is 1.88 bits per heavy atom. The number of aromatic nitrogens is 5. The van der Waals surface area contributed by atoms with Gasteiger partial charge in [-0.2, -0.15) is 0 Å². The topological polar surface area (TPSA) is 189 Å². The van der Waals surface area contributed by atoms with E-state index < -0.39 is 0 Å². The van der Waals surface area contributed by atoms with E-state index in [1.165, 1.54) is 0 Å². The molecule has 0 spiro atoms. The molecule has 2 aliphatic rings. The van der Waals surface area contributed by atoms with Crippen molar-refractivity contribution in [3.05, 3.63) is 28.0 Å². The van der Waals surface area contributed by atoms with Gasteiger partial charge in [0.15, 0.2) is 22.5 Å². The van der Waals surface area contributed by atoms with E-state index >= 15 is 0 Å². The smallest absolute Gasteiger partial charge is 0.315 e. The molecule has 5 rings (SSSR count). The summed E-state index contributed by atoms with van der Waals surface area (Å²) in [6.07, 6.45) is 2.67. The number of amides is 1. The number of anilines is 4. The highest BCUT2D eigenvalue weighted by molar-refractivity contribution is 6.32. The quantitative estimate of drug-likeness (QED) is 0.273. The van der Waals surface area contributed by atoms with Gasteiger partial charge in [-0.15, -0.1) is 5.10 Å². The third-order valence-electron chi connectivity index (χ3n) is 7.52. The molecule has 1 atom stereocenters. The number of nitrogens with two attached hydrogens (primary N) is 2. The molecule has 0 unspecified atom stereocenters. The predicted molar refractivity (Wildman–Crippen MR) is 156 cm³/mol. The van der Waals surface area contributed by atoms with E-state index in [2.05, 4.69) is 47.2 Å². The summed E-state index contributed by atoms with van der Waals surface area (Å²) in [5, 5.41) is 20.0. The van der Waals surface area contributed by atoms with E-state index in [1.54, 1.807) is 12.1 Å². The number of carbonyl (C=O) groups is 1. The van der Waals surface area contributed by atoms with E-state index in [4.69, 9.17) is 44.2 Å². The van der Waals surface area contributed by atoms with Crippen molar-refractivity contribution >= 4 is 52.6 Å². The van der Waals surface area contributed by atoms with E-state index in [-0.39, 0.29) is 64.6 Å². The summed E-state index contributed by atoms with van der Waals surface area (Å²) in [5.41, 5.74) is 12.8. The number of nitrogens with one attached hydrogen (secondary N) is 1. The van der Waals surface area contributed by atoms with Gasteiger partial charge in [-0.1, -0.05) is 35.2 Å². The minimum atomic E-state index is -0.116. The second-order valence-electron chi connectivity index (χ2n) is 9.97. The summed E-state index contributed by atoms with van der Waals surface area (Å²) in [7, 11) is 0. The Balaban J connectivity index is 1.22. The number of halogens is 2. The molecule has 2 aliphatic heterocycles. The van der Waals surface area contributed by atoms with Crippen molar-refractivity contribution in [3.63, 3.8) is 0 Å². The molecule has 41 heavy (non-hydrogen) atoms. The summed E-state index contributed by atoms with van der Waals surface area (Å²) >= 11 is 12.5. The van der Waals surface area contributed by atoms with E-state index in [9.17, 15) is 4.79 Å². The molecule has 3 aromatic rings. The van der Waals surface area contributed by atoms with Gasteiger partial charge in [0.2, 0.25) is 0 Å². The van der Waals surface area contributed by atoms with E-state index in [0.29, 0.717) is 43.6 Å². The van der Waals surface area contributed by atoms with Gasteiger partial charge < -0.3 is 36.1 Å². The van der Waals surface area contributed by atoms with Crippen LogP contribution in [0.1, 0.15) is 36.5 Å². The fraction of sp³-hybridized carbons (Fsp3) is 0.520. The van der Waals surface area contributed by atoms with Crippen molar-refractivity contribution in [2.75, 3.05) is 67.6 Å². The number of aliphatic hydroxyl groups excluding tert-OH is 1. The Morgan fingerprint density at radius 1 is 1.10 bits per heavy atom. The molecule has 0 aromatic carbocycles. The minimum Gasteiger partial charge on any atom is -0.402 e. The summed E-state index contributed by atoms with van der Waals surface area (Å²) in [6, 6.07) is 3.97. The zero-order valence-corrected chi connectivity index (χ0v) is 24.1. The molecule has 3 aromatic heterocycles. The van der Waals surface area contributed by atoms with Crippen LogP contribution in [0.4, 0.5) is 23.5 Å². The van der Waals surface area contributed by atoms with Crippen LogP contribution in [0.2, 0.25) is 10.3 Å². The molecule has 0 saturated carbocycles. The highest BCUT2D eigenvalue weighted by atomic mass is 35.5. The second kappa shape index (κ2) is 12.6. The third kappa shape index (κ3) is 6.25. The fourth-order valence-electron chi connectivity index (χ4n) is 5.44. The number of carbonyl (C=O) groups excluding carboxylic acids is 1. The van der Waals surface area contributed by atoms with Crippen molar-refractivity contribution in [3.8, 4) is 11.6 Å². The first kappa shape index (κ1) is 29.0. The third-order valence-corrected chi connectivity index (χ3v) is 7.98. The Labute approximate surface area is 247 Å². The molecule has 220 valence electrons. The average molecular weight is 607 g/mol. The Morgan fingerprint density at radius 3 is 2.59 bits per heavy atom. The lowest BCUT2D eigenvalue weighted by molar-refractivity contribution is 0.0491. The van der Waals surface area contributed by atoms with Gasteiger partial charge in [0.25, 0.3) is 11.8 Å². The number of nitrogens with zero attached hydrogens (tertiary/aromatic N) is 8. The molecule has 5 heterocycles. The maximum Gasteiger partial charge on any atom is 0.315 e. The first-order valence-corrected chi connectivity index (χ1v) is 14.3. The average Bonchev–Trinajstić information content (AvgIpc) is 3.45. The van der Waals surface area contributed by atoms with Crippen molar-refractivity contribution in [1.29, 1.82) is 0 Å². The number of piperazine rings is 1. The highest BCUT2D eigenvalue weighted by Crippen LogP contribution is 2.33. The Hall–Kier alpha value is -3.46. The number of nitrogen functional groups attached to an aromatic ring is 2. The van der Waals surface area contributed by atoms with Crippen molar-refractivity contribution in [1.82, 2.24) is 34.9 Å². The van der Waals surface area contributed by atoms with Crippen molar-refractivity contribution in [2.24, 2.45) is 0 Å². The summed E-state index contributed by atoms with van der Waals surface area (Å²) in [4.78, 5) is 32.5. The number of aliphatic hydroxyl groups is 1. The first-order valence-electron chi connectivity index (χ1n) is 13.5. The van der Waals surface area contributed by atoms with Crippen LogP contribution < -0.4 is 21.7 Å². The fourth-order valence-corrected chi connectivity index (χ4v) is 5.84.